The number of aromatic nitrogens is 4. The second-order valence-corrected chi connectivity index (χ2v) is 3.73. The summed E-state index contributed by atoms with van der Waals surface area (Å²) in [5, 5.41) is 20.5. The summed E-state index contributed by atoms with van der Waals surface area (Å²) in [6, 6.07) is 1.17. The van der Waals surface area contributed by atoms with E-state index in [-0.39, 0.29) is 12.4 Å². The highest BCUT2D eigenvalue weighted by Crippen LogP contribution is 2.21. The molecule has 0 spiro atoms. The molecule has 7 heteroatoms. The van der Waals surface area contributed by atoms with Crippen molar-refractivity contribution in [3.8, 4) is 11.5 Å². The van der Waals surface area contributed by atoms with Crippen LogP contribution in [0.3, 0.4) is 0 Å². The van der Waals surface area contributed by atoms with E-state index in [1.54, 1.807) is 6.92 Å². The largest absolute Gasteiger partial charge is 0.394 e. The molecule has 0 saturated heterocycles. The standard InChI is InChI=1S/C10H13N5O2/c1-5-3-7(6(2)14-13-5)10-12-9(15-17-10)8(11)4-16/h3,8,16H,4,11H2,1-2H3. The van der Waals surface area contributed by atoms with Crippen LogP contribution in [0.5, 0.6) is 0 Å². The smallest absolute Gasteiger partial charge is 0.259 e. The zero-order valence-corrected chi connectivity index (χ0v) is 9.58. The molecule has 0 aliphatic heterocycles. The number of aryl methyl sites for hydroxylation is 2. The molecular weight excluding hydrogens is 222 g/mol. The molecule has 1 unspecified atom stereocenters. The maximum atomic E-state index is 8.90. The number of hydrogen-bond donors (Lipinski definition) is 2. The molecule has 0 saturated carbocycles. The molecule has 2 aromatic rings. The first-order valence-corrected chi connectivity index (χ1v) is 5.13. The van der Waals surface area contributed by atoms with Crippen LogP contribution in [0.1, 0.15) is 23.3 Å². The molecule has 90 valence electrons. The summed E-state index contributed by atoms with van der Waals surface area (Å²) < 4.78 is 5.09. The van der Waals surface area contributed by atoms with Crippen molar-refractivity contribution in [2.45, 2.75) is 19.9 Å². The summed E-state index contributed by atoms with van der Waals surface area (Å²) in [6.07, 6.45) is 0. The fourth-order valence-corrected chi connectivity index (χ4v) is 1.34. The van der Waals surface area contributed by atoms with Crippen LogP contribution < -0.4 is 5.73 Å². The molecule has 0 aliphatic rings. The molecule has 0 amide bonds. The number of rotatable bonds is 3. The topological polar surface area (TPSA) is 111 Å². The van der Waals surface area contributed by atoms with Gasteiger partial charge >= 0.3 is 0 Å². The highest BCUT2D eigenvalue weighted by Gasteiger charge is 2.16. The average molecular weight is 235 g/mol. The highest BCUT2D eigenvalue weighted by atomic mass is 16.5. The maximum absolute atomic E-state index is 8.90. The van der Waals surface area contributed by atoms with Crippen LogP contribution in [-0.2, 0) is 0 Å². The molecule has 17 heavy (non-hydrogen) atoms. The van der Waals surface area contributed by atoms with Gasteiger partial charge in [-0.2, -0.15) is 15.2 Å². The Labute approximate surface area is 97.7 Å². The van der Waals surface area contributed by atoms with Crippen molar-refractivity contribution >= 4 is 0 Å². The molecule has 1 atom stereocenters. The lowest BCUT2D eigenvalue weighted by Crippen LogP contribution is -2.15. The highest BCUT2D eigenvalue weighted by molar-refractivity contribution is 5.55. The van der Waals surface area contributed by atoms with Gasteiger partial charge in [0.25, 0.3) is 5.89 Å². The predicted octanol–water partition coefficient (Wildman–Crippen LogP) is 0.136. The number of nitrogens with zero attached hydrogens (tertiary/aromatic N) is 4. The molecule has 0 aromatic carbocycles. The minimum atomic E-state index is -0.635. The number of aliphatic hydroxyl groups excluding tert-OH is 1. The first kappa shape index (κ1) is 11.6. The van der Waals surface area contributed by atoms with E-state index in [4.69, 9.17) is 15.4 Å². The fourth-order valence-electron chi connectivity index (χ4n) is 1.34. The van der Waals surface area contributed by atoms with Crippen LogP contribution in [0, 0.1) is 13.8 Å². The van der Waals surface area contributed by atoms with Gasteiger partial charge in [0.1, 0.15) is 0 Å². The fraction of sp³-hybridized carbons (Fsp3) is 0.400. The second-order valence-electron chi connectivity index (χ2n) is 3.73. The molecule has 2 rings (SSSR count). The van der Waals surface area contributed by atoms with Gasteiger partial charge in [-0.3, -0.25) is 0 Å². The van der Waals surface area contributed by atoms with E-state index in [1.165, 1.54) is 0 Å². The van der Waals surface area contributed by atoms with Gasteiger partial charge in [-0.25, -0.2) is 0 Å². The zero-order chi connectivity index (χ0) is 12.4. The van der Waals surface area contributed by atoms with Crippen LogP contribution in [0.2, 0.25) is 0 Å². The molecule has 2 aromatic heterocycles. The second kappa shape index (κ2) is 4.56. The van der Waals surface area contributed by atoms with Crippen molar-refractivity contribution in [3.63, 3.8) is 0 Å². The van der Waals surface area contributed by atoms with Crippen LogP contribution in [0.25, 0.3) is 11.5 Å². The Balaban J connectivity index is 2.40. The van der Waals surface area contributed by atoms with Crippen molar-refractivity contribution in [1.82, 2.24) is 20.3 Å². The summed E-state index contributed by atoms with van der Waals surface area (Å²) in [6.45, 7) is 3.40. The van der Waals surface area contributed by atoms with Gasteiger partial charge in [-0.1, -0.05) is 5.16 Å². The third-order valence-electron chi connectivity index (χ3n) is 2.30. The molecule has 3 N–H and O–H groups in total. The summed E-state index contributed by atoms with van der Waals surface area (Å²) in [7, 11) is 0. The Kier molecular flexibility index (Phi) is 3.12. The van der Waals surface area contributed by atoms with Gasteiger partial charge in [0.2, 0.25) is 0 Å². The zero-order valence-electron chi connectivity index (χ0n) is 9.58. The molecule has 0 radical (unpaired) electrons. The van der Waals surface area contributed by atoms with Gasteiger partial charge < -0.3 is 15.4 Å². The molecular formula is C10H13N5O2. The van der Waals surface area contributed by atoms with Gasteiger partial charge in [-0.05, 0) is 19.9 Å². The van der Waals surface area contributed by atoms with E-state index in [1.807, 2.05) is 13.0 Å². The molecule has 0 aliphatic carbocycles. The quantitative estimate of drug-likeness (QED) is 0.778. The van der Waals surface area contributed by atoms with Crippen molar-refractivity contribution in [2.24, 2.45) is 5.73 Å². The van der Waals surface area contributed by atoms with E-state index >= 15 is 0 Å². The van der Waals surface area contributed by atoms with Gasteiger partial charge in [0, 0.05) is 0 Å². The molecule has 0 bridgehead atoms. The monoisotopic (exact) mass is 235 g/mol. The van der Waals surface area contributed by atoms with Crippen LogP contribution >= 0.6 is 0 Å². The Hall–Kier alpha value is -1.86. The number of hydrogen-bond acceptors (Lipinski definition) is 7. The lowest BCUT2D eigenvalue weighted by molar-refractivity contribution is 0.260. The summed E-state index contributed by atoms with van der Waals surface area (Å²) >= 11 is 0. The van der Waals surface area contributed by atoms with E-state index in [0.717, 1.165) is 11.3 Å². The van der Waals surface area contributed by atoms with Crippen LogP contribution in [-0.4, -0.2) is 32.1 Å². The lowest BCUT2D eigenvalue weighted by atomic mass is 10.2. The number of nitrogens with two attached hydrogens (primary N) is 1. The third kappa shape index (κ3) is 2.29. The molecule has 7 nitrogen and oxygen atoms in total. The lowest BCUT2D eigenvalue weighted by Gasteiger charge is -2.00. The van der Waals surface area contributed by atoms with E-state index < -0.39 is 6.04 Å². The first-order chi connectivity index (χ1) is 8.11. The van der Waals surface area contributed by atoms with Crippen molar-refractivity contribution in [3.05, 3.63) is 23.3 Å². The van der Waals surface area contributed by atoms with Gasteiger partial charge in [0.05, 0.1) is 29.6 Å². The van der Waals surface area contributed by atoms with Crippen molar-refractivity contribution in [1.29, 1.82) is 0 Å². The Morgan fingerprint density at radius 2 is 2.18 bits per heavy atom. The summed E-state index contributed by atoms with van der Waals surface area (Å²) in [5.74, 6) is 0.607. The SMILES string of the molecule is Cc1cc(-c2nc(C(N)CO)no2)c(C)nn1. The molecule has 0 fully saturated rings. The van der Waals surface area contributed by atoms with E-state index in [0.29, 0.717) is 11.6 Å². The van der Waals surface area contributed by atoms with Crippen LogP contribution in [0.4, 0.5) is 0 Å². The van der Waals surface area contributed by atoms with E-state index in [2.05, 4.69) is 20.3 Å². The van der Waals surface area contributed by atoms with Crippen molar-refractivity contribution in [2.75, 3.05) is 6.61 Å². The van der Waals surface area contributed by atoms with Gasteiger partial charge in [0.15, 0.2) is 5.82 Å². The minimum Gasteiger partial charge on any atom is -0.394 e. The third-order valence-corrected chi connectivity index (χ3v) is 2.30. The Morgan fingerprint density at radius 1 is 1.41 bits per heavy atom. The minimum absolute atomic E-state index is 0.231. The Morgan fingerprint density at radius 3 is 2.88 bits per heavy atom. The van der Waals surface area contributed by atoms with Gasteiger partial charge in [-0.15, -0.1) is 0 Å². The normalized spacial score (nSPS) is 12.7. The summed E-state index contributed by atoms with van der Waals surface area (Å²) in [5.41, 5.74) is 7.77. The summed E-state index contributed by atoms with van der Waals surface area (Å²) in [4.78, 5) is 4.12. The van der Waals surface area contributed by atoms with E-state index in [9.17, 15) is 0 Å². The number of aliphatic hydroxyl groups is 1. The average Bonchev–Trinajstić information content (AvgIpc) is 2.80. The Bertz CT molecular complexity index is 525. The van der Waals surface area contributed by atoms with Crippen molar-refractivity contribution < 1.29 is 9.63 Å². The first-order valence-electron chi connectivity index (χ1n) is 5.13. The predicted molar refractivity (Wildman–Crippen MR) is 58.8 cm³/mol. The van der Waals surface area contributed by atoms with Crippen LogP contribution in [0.15, 0.2) is 10.6 Å². The maximum Gasteiger partial charge on any atom is 0.259 e. The molecule has 2 heterocycles.